The van der Waals surface area contributed by atoms with E-state index in [-0.39, 0.29) is 5.56 Å². The molecule has 0 aliphatic carbocycles. The van der Waals surface area contributed by atoms with Gasteiger partial charge in [0.2, 0.25) is 0 Å². The average Bonchev–Trinajstić information content (AvgIpc) is 3.03. The zero-order valence-corrected chi connectivity index (χ0v) is 13.5. The van der Waals surface area contributed by atoms with Gasteiger partial charge in [-0.25, -0.2) is 0 Å². The van der Waals surface area contributed by atoms with E-state index in [4.69, 9.17) is 4.52 Å². The van der Waals surface area contributed by atoms with E-state index in [9.17, 15) is 4.79 Å². The quantitative estimate of drug-likeness (QED) is 0.557. The predicted octanol–water partition coefficient (Wildman–Crippen LogP) is 4.17. The van der Waals surface area contributed by atoms with Crippen LogP contribution in [0.1, 0.15) is 5.56 Å². The molecule has 0 fully saturated rings. The number of hydrogen-bond donors (Lipinski definition) is 0. The van der Waals surface area contributed by atoms with Crippen LogP contribution in [0, 0.1) is 6.92 Å². The number of fused-ring (bicyclic) bond motifs is 1. The van der Waals surface area contributed by atoms with Crippen LogP contribution in [-0.2, 0) is 7.05 Å². The molecule has 0 radical (unpaired) electrons. The molecule has 2 aromatic carbocycles. The first-order valence-corrected chi connectivity index (χ1v) is 7.77. The molecule has 4 aromatic rings. The normalized spacial score (nSPS) is 11.1. The first-order chi connectivity index (χ1) is 11.6. The number of hydrogen-bond acceptors (Lipinski definition) is 3. The van der Waals surface area contributed by atoms with Crippen molar-refractivity contribution in [2.24, 2.45) is 7.05 Å². The topological polar surface area (TPSA) is 48.0 Å². The summed E-state index contributed by atoms with van der Waals surface area (Å²) in [7, 11) is 1.78. The van der Waals surface area contributed by atoms with Crippen molar-refractivity contribution in [3.8, 4) is 22.5 Å². The standard InChI is InChI=1S/C20H16N2O2/c1-13-7-6-10-15(11-13)16-12-17-18(20(23)22(16)2)19(21-24-17)14-8-4-3-5-9-14/h3-12H,1-2H3. The summed E-state index contributed by atoms with van der Waals surface area (Å²) in [5, 5.41) is 4.65. The van der Waals surface area contributed by atoms with E-state index in [1.54, 1.807) is 11.6 Å². The molecule has 0 aliphatic heterocycles. The summed E-state index contributed by atoms with van der Waals surface area (Å²) in [6.07, 6.45) is 0. The Labute approximate surface area is 139 Å². The highest BCUT2D eigenvalue weighted by atomic mass is 16.5. The molecule has 4 nitrogen and oxygen atoms in total. The van der Waals surface area contributed by atoms with Gasteiger partial charge in [-0.05, 0) is 18.6 Å². The molecule has 0 spiro atoms. The molecule has 0 saturated carbocycles. The number of pyridine rings is 1. The fraction of sp³-hybridized carbons (Fsp3) is 0.100. The zero-order valence-electron chi connectivity index (χ0n) is 13.5. The van der Waals surface area contributed by atoms with E-state index in [1.807, 2.05) is 61.5 Å². The number of benzene rings is 2. The van der Waals surface area contributed by atoms with Crippen molar-refractivity contribution in [2.75, 3.05) is 0 Å². The van der Waals surface area contributed by atoms with Crippen molar-refractivity contribution in [3.05, 3.63) is 76.6 Å². The molecular formula is C20H16N2O2. The van der Waals surface area contributed by atoms with Crippen molar-refractivity contribution >= 4 is 11.0 Å². The SMILES string of the molecule is Cc1cccc(-c2cc3onc(-c4ccccc4)c3c(=O)n2C)c1. The lowest BCUT2D eigenvalue weighted by atomic mass is 10.1. The monoisotopic (exact) mass is 316 g/mol. The third-order valence-corrected chi connectivity index (χ3v) is 4.23. The van der Waals surface area contributed by atoms with Crippen LogP contribution in [0.3, 0.4) is 0 Å². The van der Waals surface area contributed by atoms with Crippen LogP contribution in [0.5, 0.6) is 0 Å². The maximum absolute atomic E-state index is 12.9. The molecule has 0 N–H and O–H groups in total. The Kier molecular flexibility index (Phi) is 3.31. The Bertz CT molecular complexity index is 1090. The van der Waals surface area contributed by atoms with Gasteiger partial charge < -0.3 is 9.09 Å². The highest BCUT2D eigenvalue weighted by Gasteiger charge is 2.17. The van der Waals surface area contributed by atoms with E-state index in [2.05, 4.69) is 11.2 Å². The second-order valence-electron chi connectivity index (χ2n) is 5.90. The van der Waals surface area contributed by atoms with Crippen molar-refractivity contribution < 1.29 is 4.52 Å². The van der Waals surface area contributed by atoms with Crippen LogP contribution in [0.25, 0.3) is 33.5 Å². The molecule has 0 aliphatic rings. The molecule has 0 saturated heterocycles. The van der Waals surface area contributed by atoms with Gasteiger partial charge in [-0.15, -0.1) is 0 Å². The van der Waals surface area contributed by atoms with E-state index in [0.29, 0.717) is 16.7 Å². The van der Waals surface area contributed by atoms with Gasteiger partial charge in [0, 0.05) is 18.7 Å². The molecule has 0 amide bonds. The number of rotatable bonds is 2. The highest BCUT2D eigenvalue weighted by Crippen LogP contribution is 2.28. The Morgan fingerprint density at radius 1 is 0.958 bits per heavy atom. The van der Waals surface area contributed by atoms with Gasteiger partial charge in [-0.2, -0.15) is 0 Å². The third-order valence-electron chi connectivity index (χ3n) is 4.23. The minimum Gasteiger partial charge on any atom is -0.355 e. The van der Waals surface area contributed by atoms with E-state index in [1.165, 1.54) is 0 Å². The number of aryl methyl sites for hydroxylation is 1. The Hall–Kier alpha value is -3.14. The maximum Gasteiger partial charge on any atom is 0.264 e. The predicted molar refractivity (Wildman–Crippen MR) is 94.9 cm³/mol. The van der Waals surface area contributed by atoms with Gasteiger partial charge in [-0.3, -0.25) is 4.79 Å². The summed E-state index contributed by atoms with van der Waals surface area (Å²) in [6, 6.07) is 19.5. The number of nitrogens with zero attached hydrogens (tertiary/aromatic N) is 2. The first kappa shape index (κ1) is 14.5. The summed E-state index contributed by atoms with van der Waals surface area (Å²) < 4.78 is 7.12. The van der Waals surface area contributed by atoms with Crippen molar-refractivity contribution in [2.45, 2.75) is 6.92 Å². The summed E-state index contributed by atoms with van der Waals surface area (Å²) in [6.45, 7) is 2.03. The van der Waals surface area contributed by atoms with Gasteiger partial charge in [0.15, 0.2) is 5.58 Å². The average molecular weight is 316 g/mol. The van der Waals surface area contributed by atoms with E-state index in [0.717, 1.165) is 22.4 Å². The first-order valence-electron chi connectivity index (χ1n) is 7.77. The van der Waals surface area contributed by atoms with E-state index < -0.39 is 0 Å². The molecule has 2 aromatic heterocycles. The van der Waals surface area contributed by atoms with Crippen LogP contribution < -0.4 is 5.56 Å². The second kappa shape index (κ2) is 5.49. The highest BCUT2D eigenvalue weighted by molar-refractivity contribution is 5.92. The lowest BCUT2D eigenvalue weighted by Crippen LogP contribution is -2.18. The minimum absolute atomic E-state index is 0.107. The number of aromatic nitrogens is 2. The van der Waals surface area contributed by atoms with Gasteiger partial charge in [-0.1, -0.05) is 59.3 Å². The summed E-state index contributed by atoms with van der Waals surface area (Å²) in [4.78, 5) is 12.9. The van der Waals surface area contributed by atoms with Crippen LogP contribution in [0.4, 0.5) is 0 Å². The van der Waals surface area contributed by atoms with Crippen molar-refractivity contribution in [1.82, 2.24) is 9.72 Å². The summed E-state index contributed by atoms with van der Waals surface area (Å²) in [5.41, 5.74) is 4.79. The zero-order chi connectivity index (χ0) is 16.7. The van der Waals surface area contributed by atoms with E-state index >= 15 is 0 Å². The summed E-state index contributed by atoms with van der Waals surface area (Å²) in [5.74, 6) is 0. The second-order valence-corrected chi connectivity index (χ2v) is 5.90. The Morgan fingerprint density at radius 3 is 2.46 bits per heavy atom. The molecule has 0 bridgehead atoms. The molecule has 2 heterocycles. The maximum atomic E-state index is 12.9. The van der Waals surface area contributed by atoms with Gasteiger partial charge in [0.25, 0.3) is 5.56 Å². The van der Waals surface area contributed by atoms with Crippen molar-refractivity contribution in [3.63, 3.8) is 0 Å². The molecule has 0 unspecified atom stereocenters. The largest absolute Gasteiger partial charge is 0.355 e. The third kappa shape index (κ3) is 2.24. The fourth-order valence-electron chi connectivity index (χ4n) is 2.98. The molecular weight excluding hydrogens is 300 g/mol. The smallest absolute Gasteiger partial charge is 0.264 e. The van der Waals surface area contributed by atoms with Gasteiger partial charge in [0.1, 0.15) is 11.1 Å². The minimum atomic E-state index is -0.107. The molecule has 0 atom stereocenters. The lowest BCUT2D eigenvalue weighted by molar-refractivity contribution is 0.459. The Morgan fingerprint density at radius 2 is 1.71 bits per heavy atom. The Balaban J connectivity index is 1.99. The van der Waals surface area contributed by atoms with Crippen LogP contribution in [-0.4, -0.2) is 9.72 Å². The van der Waals surface area contributed by atoms with Crippen LogP contribution >= 0.6 is 0 Å². The van der Waals surface area contributed by atoms with Crippen molar-refractivity contribution in [1.29, 1.82) is 0 Å². The fourth-order valence-corrected chi connectivity index (χ4v) is 2.98. The lowest BCUT2D eigenvalue weighted by Gasteiger charge is -2.09. The molecule has 4 heteroatoms. The molecule has 24 heavy (non-hydrogen) atoms. The van der Waals surface area contributed by atoms with Crippen LogP contribution in [0.15, 0.2) is 70.0 Å². The van der Waals surface area contributed by atoms with Gasteiger partial charge in [0.05, 0.1) is 5.69 Å². The summed E-state index contributed by atoms with van der Waals surface area (Å²) >= 11 is 0. The van der Waals surface area contributed by atoms with Crippen LogP contribution in [0.2, 0.25) is 0 Å². The van der Waals surface area contributed by atoms with Gasteiger partial charge >= 0.3 is 0 Å². The molecule has 118 valence electrons. The molecule has 4 rings (SSSR count).